The molecule has 190 valence electrons. The number of piperidine rings is 1. The van der Waals surface area contributed by atoms with Gasteiger partial charge in [0.25, 0.3) is 0 Å². The molecule has 2 atom stereocenters. The molecule has 2 aromatic rings. The summed E-state index contributed by atoms with van der Waals surface area (Å²) >= 11 is 0. The highest BCUT2D eigenvalue weighted by molar-refractivity contribution is 5.85. The number of carbonyl (C=O) groups is 1. The number of nitrogens with zero attached hydrogens (tertiary/aromatic N) is 2. The maximum Gasteiger partial charge on any atom is 0.236 e. The van der Waals surface area contributed by atoms with Crippen LogP contribution in [0, 0.1) is 23.0 Å². The van der Waals surface area contributed by atoms with Gasteiger partial charge >= 0.3 is 0 Å². The first-order valence-corrected chi connectivity index (χ1v) is 11.9. The van der Waals surface area contributed by atoms with Crippen molar-refractivity contribution in [2.24, 2.45) is 5.41 Å². The Hall–Kier alpha value is -2.36. The molecule has 1 saturated carbocycles. The zero-order valence-electron chi connectivity index (χ0n) is 19.4. The third-order valence-electron chi connectivity index (χ3n) is 7.46. The van der Waals surface area contributed by atoms with Gasteiger partial charge in [-0.3, -0.25) is 4.79 Å². The lowest BCUT2D eigenvalue weighted by atomic mass is 9.78. The van der Waals surface area contributed by atoms with Crippen molar-refractivity contribution in [1.82, 2.24) is 20.5 Å². The molecule has 1 aromatic heterocycles. The van der Waals surface area contributed by atoms with Crippen LogP contribution in [0.15, 0.2) is 30.5 Å². The van der Waals surface area contributed by atoms with E-state index in [1.165, 1.54) is 24.8 Å². The Morgan fingerprint density at radius 2 is 2.03 bits per heavy atom. The van der Waals surface area contributed by atoms with Gasteiger partial charge in [-0.15, -0.1) is 12.4 Å². The highest BCUT2D eigenvalue weighted by atomic mass is 35.5. The summed E-state index contributed by atoms with van der Waals surface area (Å²) in [7, 11) is 0. The Balaban J connectivity index is 0.00000289. The second-order valence-electron chi connectivity index (χ2n) is 9.69. The normalized spacial score (nSPS) is 22.7. The zero-order chi connectivity index (χ0) is 23.7. The number of ether oxygens (including phenoxy) is 1. The third-order valence-corrected chi connectivity index (χ3v) is 7.46. The van der Waals surface area contributed by atoms with Crippen LogP contribution < -0.4 is 15.4 Å². The fraction of sp³-hybridized carbons (Fsp3) is 0.520. The molecule has 3 aliphatic rings. The molecule has 5 rings (SSSR count). The number of aromatic nitrogens is 1. The number of halogens is 4. The van der Waals surface area contributed by atoms with Crippen molar-refractivity contribution >= 4 is 18.3 Å². The number of benzene rings is 1. The molecule has 0 radical (unpaired) electrons. The molecule has 10 heteroatoms. The smallest absolute Gasteiger partial charge is 0.236 e. The first-order chi connectivity index (χ1) is 16.4. The van der Waals surface area contributed by atoms with Crippen LogP contribution in [0.25, 0.3) is 0 Å². The summed E-state index contributed by atoms with van der Waals surface area (Å²) in [5, 5.41) is 6.67. The first kappa shape index (κ1) is 25.7. The van der Waals surface area contributed by atoms with Crippen LogP contribution >= 0.6 is 12.4 Å². The van der Waals surface area contributed by atoms with Gasteiger partial charge in [-0.1, -0.05) is 0 Å². The van der Waals surface area contributed by atoms with Gasteiger partial charge in [0.2, 0.25) is 11.9 Å². The highest BCUT2D eigenvalue weighted by Crippen LogP contribution is 2.46. The minimum Gasteiger partial charge on any atom is -0.485 e. The van der Waals surface area contributed by atoms with Crippen LogP contribution in [0.3, 0.4) is 0 Å². The van der Waals surface area contributed by atoms with E-state index < -0.39 is 17.6 Å². The predicted molar refractivity (Wildman–Crippen MR) is 127 cm³/mol. The maximum atomic E-state index is 14.6. The number of carbonyl (C=O) groups excluding carboxylic acids is 1. The number of rotatable bonds is 7. The van der Waals surface area contributed by atoms with Crippen LogP contribution in [-0.2, 0) is 11.4 Å². The lowest BCUT2D eigenvalue weighted by molar-refractivity contribution is -0.132. The maximum absolute atomic E-state index is 14.6. The van der Waals surface area contributed by atoms with Crippen LogP contribution in [0.5, 0.6) is 5.75 Å². The van der Waals surface area contributed by atoms with E-state index in [0.29, 0.717) is 17.4 Å². The molecular formula is C25H30ClF3N4O2. The molecule has 1 spiro atoms. The fourth-order valence-corrected chi connectivity index (χ4v) is 5.23. The van der Waals surface area contributed by atoms with E-state index >= 15 is 0 Å². The van der Waals surface area contributed by atoms with Gasteiger partial charge in [-0.05, 0) is 55.8 Å². The molecule has 3 heterocycles. The van der Waals surface area contributed by atoms with Crippen molar-refractivity contribution in [2.45, 2.75) is 44.2 Å². The molecule has 1 aromatic carbocycles. The Labute approximate surface area is 209 Å². The molecule has 0 bridgehead atoms. The van der Waals surface area contributed by atoms with Gasteiger partial charge in [0.15, 0.2) is 11.6 Å². The molecule has 1 amide bonds. The summed E-state index contributed by atoms with van der Waals surface area (Å²) in [5.41, 5.74) is 0.924. The van der Waals surface area contributed by atoms with Crippen molar-refractivity contribution in [3.8, 4) is 5.75 Å². The average Bonchev–Trinajstić information content (AvgIpc) is 3.47. The standard InChI is InChI=1S/C25H29F3N4O2.ClH/c26-17-10-19(23(20(27)11-17)34-14-16-2-1-6-30-24(16)28)18-12-21(18)31-13-22(33)32-8-4-25(5-9-32)3-7-29-15-25;/h1-2,6,10-11,18,21,29,31H,3-5,7-9,12-15H2;1H. The topological polar surface area (TPSA) is 66.5 Å². The first-order valence-electron chi connectivity index (χ1n) is 11.9. The van der Waals surface area contributed by atoms with Gasteiger partial charge < -0.3 is 20.3 Å². The van der Waals surface area contributed by atoms with Gasteiger partial charge in [0.1, 0.15) is 12.4 Å². The molecule has 35 heavy (non-hydrogen) atoms. The largest absolute Gasteiger partial charge is 0.485 e. The van der Waals surface area contributed by atoms with E-state index in [-0.39, 0.29) is 54.7 Å². The third kappa shape index (κ3) is 5.73. The van der Waals surface area contributed by atoms with Crippen LogP contribution in [0.4, 0.5) is 13.2 Å². The van der Waals surface area contributed by atoms with E-state index in [9.17, 15) is 18.0 Å². The fourth-order valence-electron chi connectivity index (χ4n) is 5.23. The Morgan fingerprint density at radius 3 is 2.74 bits per heavy atom. The number of hydrogen-bond acceptors (Lipinski definition) is 5. The van der Waals surface area contributed by atoms with Crippen molar-refractivity contribution in [1.29, 1.82) is 0 Å². The van der Waals surface area contributed by atoms with Gasteiger partial charge in [0, 0.05) is 55.0 Å². The summed E-state index contributed by atoms with van der Waals surface area (Å²) in [6.45, 7) is 3.62. The van der Waals surface area contributed by atoms with Crippen molar-refractivity contribution in [2.75, 3.05) is 32.7 Å². The molecule has 2 saturated heterocycles. The molecular weight excluding hydrogens is 481 g/mol. The number of hydrogen-bond donors (Lipinski definition) is 2. The number of pyridine rings is 1. The van der Waals surface area contributed by atoms with E-state index in [0.717, 1.165) is 45.1 Å². The molecule has 1 aliphatic carbocycles. The molecule has 2 aliphatic heterocycles. The van der Waals surface area contributed by atoms with Gasteiger partial charge in [-0.25, -0.2) is 13.8 Å². The Bertz CT molecular complexity index is 1060. The number of nitrogens with one attached hydrogen (secondary N) is 2. The molecule has 2 unspecified atom stereocenters. The zero-order valence-corrected chi connectivity index (χ0v) is 20.2. The monoisotopic (exact) mass is 510 g/mol. The number of amides is 1. The molecule has 6 nitrogen and oxygen atoms in total. The van der Waals surface area contributed by atoms with Gasteiger partial charge in [0.05, 0.1) is 6.54 Å². The van der Waals surface area contributed by atoms with Gasteiger partial charge in [-0.2, -0.15) is 4.39 Å². The summed E-state index contributed by atoms with van der Waals surface area (Å²) in [4.78, 5) is 18.2. The lowest BCUT2D eigenvalue weighted by Crippen LogP contribution is -2.47. The second kappa shape index (κ2) is 10.7. The minimum absolute atomic E-state index is 0. The van der Waals surface area contributed by atoms with E-state index in [4.69, 9.17) is 4.74 Å². The lowest BCUT2D eigenvalue weighted by Gasteiger charge is -2.39. The van der Waals surface area contributed by atoms with Crippen molar-refractivity contribution in [3.05, 3.63) is 59.2 Å². The Morgan fingerprint density at radius 1 is 1.23 bits per heavy atom. The van der Waals surface area contributed by atoms with Crippen LogP contribution in [-0.4, -0.2) is 54.6 Å². The van der Waals surface area contributed by atoms with Crippen molar-refractivity contribution < 1.29 is 22.7 Å². The van der Waals surface area contributed by atoms with Crippen LogP contribution in [0.1, 0.15) is 42.7 Å². The summed E-state index contributed by atoms with van der Waals surface area (Å²) in [6.07, 6.45) is 5.19. The highest BCUT2D eigenvalue weighted by Gasteiger charge is 2.42. The summed E-state index contributed by atoms with van der Waals surface area (Å²) in [5.74, 6) is -2.43. The minimum atomic E-state index is -0.829. The summed E-state index contributed by atoms with van der Waals surface area (Å²) in [6, 6.07) is 5.01. The predicted octanol–water partition coefficient (Wildman–Crippen LogP) is 3.55. The van der Waals surface area contributed by atoms with E-state index in [1.807, 2.05) is 4.90 Å². The van der Waals surface area contributed by atoms with E-state index in [2.05, 4.69) is 15.6 Å². The van der Waals surface area contributed by atoms with Crippen LogP contribution in [0.2, 0.25) is 0 Å². The second-order valence-corrected chi connectivity index (χ2v) is 9.69. The quantitative estimate of drug-likeness (QED) is 0.558. The van der Waals surface area contributed by atoms with E-state index in [1.54, 1.807) is 6.07 Å². The average molecular weight is 511 g/mol. The molecule has 2 N–H and O–H groups in total. The molecule has 3 fully saturated rings. The van der Waals surface area contributed by atoms with Crippen molar-refractivity contribution in [3.63, 3.8) is 0 Å². The summed E-state index contributed by atoms with van der Waals surface area (Å²) < 4.78 is 47.9. The SMILES string of the molecule is Cl.O=C(CNC1CC1c1cc(F)cc(F)c1OCc1cccnc1F)N1CCC2(CCNC2)CC1. The number of likely N-dealkylation sites (tertiary alicyclic amines) is 1. The Kier molecular flexibility index (Phi) is 7.88.